The van der Waals surface area contributed by atoms with Gasteiger partial charge in [0.2, 0.25) is 0 Å². The van der Waals surface area contributed by atoms with Gasteiger partial charge in [-0.25, -0.2) is 4.68 Å². The number of carbonyl (C=O) groups excluding carboxylic acids is 1. The van der Waals surface area contributed by atoms with Gasteiger partial charge in [0.25, 0.3) is 5.91 Å². The van der Waals surface area contributed by atoms with E-state index in [1.165, 1.54) is 4.68 Å². The largest absolute Gasteiger partial charge is 0.470 e. The van der Waals surface area contributed by atoms with Crippen molar-refractivity contribution < 1.29 is 9.53 Å². The second kappa shape index (κ2) is 9.65. The van der Waals surface area contributed by atoms with Gasteiger partial charge in [-0.3, -0.25) is 9.48 Å². The number of ether oxygens (including phenoxy) is 1. The lowest BCUT2D eigenvalue weighted by atomic mass is 10.2. The van der Waals surface area contributed by atoms with Crippen molar-refractivity contribution in [1.29, 1.82) is 0 Å². The van der Waals surface area contributed by atoms with Crippen molar-refractivity contribution in [2.45, 2.75) is 20.2 Å². The Hall–Kier alpha value is -3.00. The van der Waals surface area contributed by atoms with E-state index in [9.17, 15) is 4.79 Å². The van der Waals surface area contributed by atoms with Crippen LogP contribution in [-0.2, 0) is 13.3 Å². The summed E-state index contributed by atoms with van der Waals surface area (Å²) < 4.78 is 8.90. The number of carbonyl (C=O) groups is 1. The molecule has 0 radical (unpaired) electrons. The fraction of sp³-hybridized carbons (Fsp3) is 0.136. The summed E-state index contributed by atoms with van der Waals surface area (Å²) in [4.78, 5) is 12.5. The van der Waals surface area contributed by atoms with Crippen LogP contribution < -0.4 is 10.1 Å². The number of hydrogen-bond acceptors (Lipinski definition) is 4. The van der Waals surface area contributed by atoms with E-state index >= 15 is 0 Å². The van der Waals surface area contributed by atoms with Crippen LogP contribution in [0.3, 0.4) is 0 Å². The molecule has 4 aromatic rings. The lowest BCUT2D eigenvalue weighted by molar-refractivity contribution is 0.102. The third kappa shape index (κ3) is 5.43. The van der Waals surface area contributed by atoms with Crippen LogP contribution in [-0.4, -0.2) is 25.5 Å². The summed E-state index contributed by atoms with van der Waals surface area (Å²) in [6, 6.07) is 12.5. The van der Waals surface area contributed by atoms with E-state index in [0.29, 0.717) is 33.0 Å². The lowest BCUT2D eigenvalue weighted by Crippen LogP contribution is -2.14. The van der Waals surface area contributed by atoms with Crippen LogP contribution in [0.1, 0.15) is 21.6 Å². The Kier molecular flexibility index (Phi) is 6.69. The highest BCUT2D eigenvalue weighted by molar-refractivity contribution is 6.42. The first-order chi connectivity index (χ1) is 15.4. The zero-order valence-electron chi connectivity index (χ0n) is 16.9. The lowest BCUT2D eigenvalue weighted by Gasteiger charge is -2.08. The monoisotopic (exact) mass is 489 g/mol. The normalized spacial score (nSPS) is 10.9. The molecule has 0 unspecified atom stereocenters. The van der Waals surface area contributed by atoms with Crippen molar-refractivity contribution >= 4 is 46.4 Å². The van der Waals surface area contributed by atoms with Crippen molar-refractivity contribution in [3.05, 3.63) is 92.9 Å². The number of nitrogens with zero attached hydrogens (tertiary/aromatic N) is 4. The second-order valence-electron chi connectivity index (χ2n) is 7.08. The number of anilines is 1. The molecule has 1 N–H and O–H groups in total. The van der Waals surface area contributed by atoms with Gasteiger partial charge in [-0.15, -0.1) is 0 Å². The number of halogens is 3. The fourth-order valence-corrected chi connectivity index (χ4v) is 3.44. The van der Waals surface area contributed by atoms with Gasteiger partial charge in [-0.2, -0.15) is 10.2 Å². The van der Waals surface area contributed by atoms with Crippen molar-refractivity contribution in [3.8, 4) is 5.75 Å². The van der Waals surface area contributed by atoms with Crippen LogP contribution in [0, 0.1) is 6.92 Å². The SMILES string of the molecule is Cc1ccc(Cl)c(OCn2ccc(C(=O)Nc3cnn(Cc4ccc(Cl)c(Cl)c4)c3)n2)c1. The topological polar surface area (TPSA) is 74.0 Å². The van der Waals surface area contributed by atoms with E-state index in [1.54, 1.807) is 47.5 Å². The highest BCUT2D eigenvalue weighted by Gasteiger charge is 2.12. The predicted octanol–water partition coefficient (Wildman–Crippen LogP) is 5.69. The average molecular weight is 491 g/mol. The van der Waals surface area contributed by atoms with Crippen LogP contribution in [0.25, 0.3) is 0 Å². The summed E-state index contributed by atoms with van der Waals surface area (Å²) in [5.41, 5.74) is 2.77. The van der Waals surface area contributed by atoms with Gasteiger partial charge < -0.3 is 10.1 Å². The van der Waals surface area contributed by atoms with Crippen LogP contribution in [0.5, 0.6) is 5.75 Å². The molecule has 0 spiro atoms. The number of rotatable bonds is 7. The molecule has 0 bridgehead atoms. The first kappa shape index (κ1) is 22.2. The second-order valence-corrected chi connectivity index (χ2v) is 8.30. The van der Waals surface area contributed by atoms with Gasteiger partial charge in [-0.05, 0) is 48.4 Å². The first-order valence-corrected chi connectivity index (χ1v) is 10.7. The molecule has 2 aromatic heterocycles. The van der Waals surface area contributed by atoms with Gasteiger partial charge in [0.15, 0.2) is 12.4 Å². The molecule has 10 heteroatoms. The molecule has 0 saturated heterocycles. The number of aryl methyl sites for hydroxylation is 1. The maximum atomic E-state index is 12.5. The Bertz CT molecular complexity index is 1270. The highest BCUT2D eigenvalue weighted by atomic mass is 35.5. The van der Waals surface area contributed by atoms with E-state index in [-0.39, 0.29) is 18.3 Å². The summed E-state index contributed by atoms with van der Waals surface area (Å²) in [6.07, 6.45) is 4.95. The van der Waals surface area contributed by atoms with Crippen LogP contribution in [0.2, 0.25) is 15.1 Å². The van der Waals surface area contributed by atoms with Gasteiger partial charge in [0, 0.05) is 12.4 Å². The van der Waals surface area contributed by atoms with E-state index < -0.39 is 0 Å². The molecule has 1 amide bonds. The molecule has 7 nitrogen and oxygen atoms in total. The number of amides is 1. The summed E-state index contributed by atoms with van der Waals surface area (Å²) in [6.45, 7) is 2.56. The summed E-state index contributed by atoms with van der Waals surface area (Å²) in [7, 11) is 0. The Morgan fingerprint density at radius 1 is 1.03 bits per heavy atom. The third-order valence-electron chi connectivity index (χ3n) is 4.53. The molecule has 32 heavy (non-hydrogen) atoms. The summed E-state index contributed by atoms with van der Waals surface area (Å²) in [5, 5.41) is 12.8. The van der Waals surface area contributed by atoms with Crippen molar-refractivity contribution in [2.75, 3.05) is 5.32 Å². The zero-order chi connectivity index (χ0) is 22.7. The Morgan fingerprint density at radius 3 is 2.66 bits per heavy atom. The summed E-state index contributed by atoms with van der Waals surface area (Å²) in [5.74, 6) is 0.203. The minimum atomic E-state index is -0.355. The Morgan fingerprint density at radius 2 is 1.84 bits per heavy atom. The molecular weight excluding hydrogens is 473 g/mol. The quantitative estimate of drug-likeness (QED) is 0.361. The van der Waals surface area contributed by atoms with Gasteiger partial charge >= 0.3 is 0 Å². The predicted molar refractivity (Wildman–Crippen MR) is 125 cm³/mol. The fourth-order valence-electron chi connectivity index (χ4n) is 2.95. The summed E-state index contributed by atoms with van der Waals surface area (Å²) >= 11 is 18.1. The number of nitrogens with one attached hydrogen (secondary N) is 1. The molecule has 164 valence electrons. The Labute approximate surface area is 199 Å². The zero-order valence-corrected chi connectivity index (χ0v) is 19.2. The van der Waals surface area contributed by atoms with E-state index in [4.69, 9.17) is 39.5 Å². The number of aromatic nitrogens is 4. The van der Waals surface area contributed by atoms with E-state index in [2.05, 4.69) is 15.5 Å². The molecule has 0 aliphatic carbocycles. The molecule has 0 aliphatic rings. The van der Waals surface area contributed by atoms with Crippen LogP contribution >= 0.6 is 34.8 Å². The molecule has 0 atom stereocenters. The third-order valence-corrected chi connectivity index (χ3v) is 5.58. The molecule has 0 fully saturated rings. The minimum absolute atomic E-state index is 0.123. The molecular formula is C22H18Cl3N5O2. The smallest absolute Gasteiger partial charge is 0.276 e. The number of hydrogen-bond donors (Lipinski definition) is 1. The van der Waals surface area contributed by atoms with Crippen molar-refractivity contribution in [2.24, 2.45) is 0 Å². The van der Waals surface area contributed by atoms with E-state index in [1.807, 2.05) is 25.1 Å². The van der Waals surface area contributed by atoms with E-state index in [0.717, 1.165) is 11.1 Å². The molecule has 2 aromatic carbocycles. The van der Waals surface area contributed by atoms with Crippen molar-refractivity contribution in [1.82, 2.24) is 19.6 Å². The van der Waals surface area contributed by atoms with Gasteiger partial charge in [-0.1, -0.05) is 46.9 Å². The average Bonchev–Trinajstić information content (AvgIpc) is 3.41. The van der Waals surface area contributed by atoms with Crippen LogP contribution in [0.15, 0.2) is 61.1 Å². The molecule has 0 aliphatic heterocycles. The van der Waals surface area contributed by atoms with Gasteiger partial charge in [0.05, 0.1) is 33.5 Å². The Balaban J connectivity index is 1.35. The van der Waals surface area contributed by atoms with Crippen LogP contribution in [0.4, 0.5) is 5.69 Å². The molecule has 2 heterocycles. The molecule has 4 rings (SSSR count). The maximum absolute atomic E-state index is 12.5. The first-order valence-electron chi connectivity index (χ1n) is 9.57. The minimum Gasteiger partial charge on any atom is -0.470 e. The number of benzene rings is 2. The van der Waals surface area contributed by atoms with Gasteiger partial charge in [0.1, 0.15) is 5.75 Å². The standard InChI is InChI=1S/C22H18Cl3N5O2/c1-14-2-4-18(24)21(8-14)32-13-29-7-6-20(28-29)22(31)27-16-10-26-30(12-16)11-15-3-5-17(23)19(25)9-15/h2-10,12H,11,13H2,1H3,(H,27,31). The molecule has 0 saturated carbocycles. The highest BCUT2D eigenvalue weighted by Crippen LogP contribution is 2.25. The van der Waals surface area contributed by atoms with Crippen molar-refractivity contribution in [3.63, 3.8) is 0 Å². The maximum Gasteiger partial charge on any atom is 0.276 e.